The summed E-state index contributed by atoms with van der Waals surface area (Å²) in [5.41, 5.74) is 5.44. The molecule has 0 aliphatic heterocycles. The second-order valence-electron chi connectivity index (χ2n) is 9.23. The number of nitrogens with zero attached hydrogens (tertiary/aromatic N) is 4. The zero-order valence-electron chi connectivity index (χ0n) is 20.9. The van der Waals surface area contributed by atoms with E-state index in [2.05, 4.69) is 46.8 Å². The van der Waals surface area contributed by atoms with Gasteiger partial charge in [0, 0.05) is 63.6 Å². The number of benzene rings is 3. The molecule has 0 aliphatic rings. The van der Waals surface area contributed by atoms with E-state index in [1.807, 2.05) is 68.4 Å². The van der Waals surface area contributed by atoms with Gasteiger partial charge in [-0.1, -0.05) is 35.8 Å². The van der Waals surface area contributed by atoms with Crippen molar-refractivity contribution in [1.29, 1.82) is 0 Å². The number of anilines is 1. The smallest absolute Gasteiger partial charge is 0.219 e. The van der Waals surface area contributed by atoms with Crippen LogP contribution in [0.25, 0.3) is 38.5 Å². The molecule has 0 amide bonds. The summed E-state index contributed by atoms with van der Waals surface area (Å²) in [6, 6.07) is 27.1. The molecule has 6 aromatic rings. The number of pyridine rings is 2. The van der Waals surface area contributed by atoms with Gasteiger partial charge in [-0.25, -0.2) is 9.97 Å². The maximum Gasteiger partial charge on any atom is 0.219 e. The molecule has 3 aromatic heterocycles. The largest absolute Gasteiger partial charge is 0.506 e. The van der Waals surface area contributed by atoms with Gasteiger partial charge in [0.05, 0.1) is 5.69 Å². The maximum atomic E-state index is 10.4. The van der Waals surface area contributed by atoms with Gasteiger partial charge in [-0.2, -0.15) is 6.07 Å². The Labute approximate surface area is 229 Å². The fourth-order valence-electron chi connectivity index (χ4n) is 4.83. The Bertz CT molecular complexity index is 1770. The Morgan fingerprint density at radius 1 is 0.865 bits per heavy atom. The molecule has 0 radical (unpaired) electrons. The second-order valence-corrected chi connectivity index (χ2v) is 9.23. The Morgan fingerprint density at radius 2 is 1.65 bits per heavy atom. The van der Waals surface area contributed by atoms with Gasteiger partial charge in [0.2, 0.25) is 5.88 Å². The first-order valence-corrected chi connectivity index (χ1v) is 11.8. The van der Waals surface area contributed by atoms with Crippen molar-refractivity contribution in [2.24, 2.45) is 0 Å². The fourth-order valence-corrected chi connectivity index (χ4v) is 4.83. The quantitative estimate of drug-likeness (QED) is 0.212. The molecule has 0 saturated carbocycles. The zero-order valence-corrected chi connectivity index (χ0v) is 23.2. The molecule has 0 fully saturated rings. The van der Waals surface area contributed by atoms with E-state index in [0.717, 1.165) is 50.0 Å². The van der Waals surface area contributed by atoms with Crippen LogP contribution < -0.4 is 9.64 Å². The van der Waals surface area contributed by atoms with E-state index in [9.17, 15) is 5.11 Å². The van der Waals surface area contributed by atoms with Crippen LogP contribution in [0.1, 0.15) is 11.3 Å². The second kappa shape index (κ2) is 9.53. The van der Waals surface area contributed by atoms with E-state index >= 15 is 0 Å². The number of aromatic nitrogens is 3. The number of ether oxygens (including phenoxy) is 1. The molecule has 188 valence electrons. The van der Waals surface area contributed by atoms with Crippen molar-refractivity contribution >= 4 is 38.4 Å². The minimum Gasteiger partial charge on any atom is -0.506 e. The summed E-state index contributed by atoms with van der Waals surface area (Å²) in [7, 11) is 3.91. The van der Waals surface area contributed by atoms with E-state index in [4.69, 9.17) is 9.72 Å². The molecule has 0 aliphatic carbocycles. The van der Waals surface area contributed by atoms with Gasteiger partial charge < -0.3 is 19.3 Å². The SMILES string of the molecule is Cc1cc(C)nc(-n2c3[c-]c(Oc4cc(N(C)C)c5cccc(O)c5n4)ccc3c3ccccc32)c1.[Pt]. The molecule has 0 saturated heterocycles. The first kappa shape index (κ1) is 24.8. The molecule has 7 heteroatoms. The molecule has 1 N–H and O–H groups in total. The van der Waals surface area contributed by atoms with E-state index in [0.29, 0.717) is 17.1 Å². The summed E-state index contributed by atoms with van der Waals surface area (Å²) in [5, 5.41) is 13.5. The number of aryl methyl sites for hydroxylation is 2. The molecule has 6 rings (SSSR count). The summed E-state index contributed by atoms with van der Waals surface area (Å²) in [6.45, 7) is 4.08. The van der Waals surface area contributed by atoms with Gasteiger partial charge in [0.25, 0.3) is 0 Å². The number of para-hydroxylation sites is 2. The molecule has 6 nitrogen and oxygen atoms in total. The molecular formula is C30H25N4O2Pt-. The van der Waals surface area contributed by atoms with Crippen LogP contribution in [0.3, 0.4) is 0 Å². The molecule has 0 spiro atoms. The molecule has 0 unspecified atom stereocenters. The van der Waals surface area contributed by atoms with Crippen molar-refractivity contribution in [3.05, 3.63) is 90.1 Å². The minimum atomic E-state index is 0. The van der Waals surface area contributed by atoms with Crippen molar-refractivity contribution < 1.29 is 30.9 Å². The van der Waals surface area contributed by atoms with Crippen molar-refractivity contribution in [3.8, 4) is 23.2 Å². The Kier molecular flexibility index (Phi) is 6.38. The molecule has 0 atom stereocenters. The fraction of sp³-hybridized carbons (Fsp3) is 0.133. The molecule has 0 bridgehead atoms. The third-order valence-electron chi connectivity index (χ3n) is 6.34. The molecular weight excluding hydrogens is 643 g/mol. The van der Waals surface area contributed by atoms with E-state index in [1.54, 1.807) is 6.07 Å². The average Bonchev–Trinajstić information content (AvgIpc) is 3.17. The molecule has 3 heterocycles. The third-order valence-corrected chi connectivity index (χ3v) is 6.34. The van der Waals surface area contributed by atoms with Crippen molar-refractivity contribution in [2.45, 2.75) is 13.8 Å². The number of fused-ring (bicyclic) bond motifs is 4. The number of phenolic OH excluding ortho intramolecular Hbond substituents is 1. The summed E-state index contributed by atoms with van der Waals surface area (Å²) < 4.78 is 8.36. The third kappa shape index (κ3) is 4.32. The number of rotatable bonds is 4. The summed E-state index contributed by atoms with van der Waals surface area (Å²) in [5.74, 6) is 1.87. The van der Waals surface area contributed by atoms with Crippen LogP contribution >= 0.6 is 0 Å². The van der Waals surface area contributed by atoms with Crippen LogP contribution in [-0.4, -0.2) is 33.7 Å². The Morgan fingerprint density at radius 3 is 2.43 bits per heavy atom. The topological polar surface area (TPSA) is 63.4 Å². The van der Waals surface area contributed by atoms with Gasteiger partial charge >= 0.3 is 0 Å². The number of hydrogen-bond donors (Lipinski definition) is 1. The molecule has 37 heavy (non-hydrogen) atoms. The predicted octanol–water partition coefficient (Wildman–Crippen LogP) is 6.71. The first-order chi connectivity index (χ1) is 17.4. The zero-order chi connectivity index (χ0) is 25.0. The minimum absolute atomic E-state index is 0. The Balaban J connectivity index is 0.00000280. The first-order valence-electron chi connectivity index (χ1n) is 11.8. The van der Waals surface area contributed by atoms with E-state index in [1.165, 1.54) is 0 Å². The number of hydrogen-bond acceptors (Lipinski definition) is 5. The van der Waals surface area contributed by atoms with Gasteiger partial charge in [-0.15, -0.1) is 17.5 Å². The predicted molar refractivity (Wildman–Crippen MR) is 145 cm³/mol. The van der Waals surface area contributed by atoms with Crippen molar-refractivity contribution in [3.63, 3.8) is 0 Å². The van der Waals surface area contributed by atoms with E-state index < -0.39 is 0 Å². The van der Waals surface area contributed by atoms with Gasteiger partial charge in [-0.05, 0) is 49.1 Å². The van der Waals surface area contributed by atoms with Crippen LogP contribution in [0.5, 0.6) is 17.4 Å². The standard InChI is InChI=1S/C30H25N4O2.Pt/c1-18-14-19(2)31-28(15-18)34-24-10-6-5-8-21(24)22-13-12-20(16-26(22)34)36-29-17-25(33(3)4)23-9-7-11-27(35)30(23)32-29;/h5-15,17,35H,1-4H3;/q-1;. The van der Waals surface area contributed by atoms with Gasteiger partial charge in [-0.3, -0.25) is 0 Å². The van der Waals surface area contributed by atoms with Crippen LogP contribution in [0.4, 0.5) is 5.69 Å². The van der Waals surface area contributed by atoms with Gasteiger partial charge in [0.1, 0.15) is 17.1 Å². The van der Waals surface area contributed by atoms with Crippen LogP contribution in [0.2, 0.25) is 0 Å². The van der Waals surface area contributed by atoms with Crippen LogP contribution in [-0.2, 0) is 21.1 Å². The normalized spacial score (nSPS) is 11.1. The van der Waals surface area contributed by atoms with Crippen molar-refractivity contribution in [2.75, 3.05) is 19.0 Å². The summed E-state index contributed by atoms with van der Waals surface area (Å²) in [4.78, 5) is 11.4. The van der Waals surface area contributed by atoms with E-state index in [-0.39, 0.29) is 26.8 Å². The summed E-state index contributed by atoms with van der Waals surface area (Å²) >= 11 is 0. The maximum absolute atomic E-state index is 10.4. The van der Waals surface area contributed by atoms with Crippen LogP contribution in [0, 0.1) is 19.9 Å². The van der Waals surface area contributed by atoms with Crippen LogP contribution in [0.15, 0.2) is 72.8 Å². The Hall–Kier alpha value is -3.89. The summed E-state index contributed by atoms with van der Waals surface area (Å²) in [6.07, 6.45) is 0. The average molecular weight is 669 g/mol. The number of aromatic hydroxyl groups is 1. The molecule has 3 aromatic carbocycles. The number of phenols is 1. The van der Waals surface area contributed by atoms with Gasteiger partial charge in [0.15, 0.2) is 0 Å². The van der Waals surface area contributed by atoms with Crippen molar-refractivity contribution in [1.82, 2.24) is 14.5 Å². The monoisotopic (exact) mass is 668 g/mol.